The van der Waals surface area contributed by atoms with Gasteiger partial charge >= 0.3 is 0 Å². The van der Waals surface area contributed by atoms with Gasteiger partial charge in [0.05, 0.1) is 0 Å². The molecule has 0 spiro atoms. The van der Waals surface area contributed by atoms with Gasteiger partial charge in [-0.3, -0.25) is 4.79 Å². The summed E-state index contributed by atoms with van der Waals surface area (Å²) >= 11 is 0. The predicted molar refractivity (Wildman–Crippen MR) is 74.8 cm³/mol. The van der Waals surface area contributed by atoms with Crippen molar-refractivity contribution in [3.63, 3.8) is 0 Å². The summed E-state index contributed by atoms with van der Waals surface area (Å²) in [5.41, 5.74) is 0. The van der Waals surface area contributed by atoms with Gasteiger partial charge in [0, 0.05) is 24.0 Å². The Hall–Kier alpha value is 0.170. The lowest BCUT2D eigenvalue weighted by Gasteiger charge is -2.08. The Bertz CT molecular complexity index is 203. The largest absolute Gasteiger partial charge is 0.356 e. The Morgan fingerprint density at radius 3 is 2.88 bits per heavy atom. The average molecular weight is 261 g/mol. The van der Waals surface area contributed by atoms with E-state index in [0.717, 1.165) is 18.2 Å². The minimum Gasteiger partial charge on any atom is -0.356 e. The van der Waals surface area contributed by atoms with E-state index >= 15 is 0 Å². The molecule has 0 unspecified atom stereocenters. The van der Waals surface area contributed by atoms with Crippen LogP contribution in [0.25, 0.3) is 0 Å². The van der Waals surface area contributed by atoms with Gasteiger partial charge in [0.15, 0.2) is 0 Å². The number of nitrogens with one attached hydrogen (secondary N) is 1. The highest BCUT2D eigenvalue weighted by Gasteiger charge is 2.15. The third-order valence-corrected chi connectivity index (χ3v) is 5.62. The Morgan fingerprint density at radius 2 is 2.25 bits per heavy atom. The second-order valence-corrected chi connectivity index (χ2v) is 7.56. The average Bonchev–Trinajstić information content (AvgIpc) is 2.74. The third-order valence-electron chi connectivity index (χ3n) is 2.61. The Labute approximate surface area is 107 Å². The molecule has 0 aromatic rings. The van der Waals surface area contributed by atoms with Gasteiger partial charge in [-0.25, -0.2) is 0 Å². The molecule has 1 N–H and O–H groups in total. The van der Waals surface area contributed by atoms with Crippen molar-refractivity contribution >= 4 is 27.5 Å². The van der Waals surface area contributed by atoms with E-state index in [1.54, 1.807) is 0 Å². The molecule has 0 aromatic carbocycles. The van der Waals surface area contributed by atoms with E-state index in [2.05, 4.69) is 19.2 Å². The van der Waals surface area contributed by atoms with E-state index < -0.39 is 0 Å². The summed E-state index contributed by atoms with van der Waals surface area (Å²) in [6.45, 7) is 5.05. The zero-order valence-electron chi connectivity index (χ0n) is 10.3. The van der Waals surface area contributed by atoms with Crippen LogP contribution in [0, 0.1) is 5.92 Å². The van der Waals surface area contributed by atoms with Crippen molar-refractivity contribution in [3.8, 4) is 0 Å². The number of hydrogen-bond donors (Lipinski definition) is 1. The quantitative estimate of drug-likeness (QED) is 0.562. The van der Waals surface area contributed by atoms with Crippen LogP contribution in [-0.2, 0) is 4.79 Å². The van der Waals surface area contributed by atoms with E-state index in [1.807, 2.05) is 21.6 Å². The summed E-state index contributed by atoms with van der Waals surface area (Å²) in [7, 11) is 4.03. The van der Waals surface area contributed by atoms with Crippen LogP contribution in [0.15, 0.2) is 0 Å². The number of amides is 1. The van der Waals surface area contributed by atoms with E-state index in [9.17, 15) is 4.79 Å². The van der Waals surface area contributed by atoms with Gasteiger partial charge < -0.3 is 5.32 Å². The summed E-state index contributed by atoms with van der Waals surface area (Å²) in [6, 6.07) is 0. The number of carbonyl (C=O) groups excluding carboxylic acids is 1. The first-order chi connectivity index (χ1) is 7.68. The molecule has 1 aliphatic heterocycles. The maximum atomic E-state index is 11.4. The van der Waals surface area contributed by atoms with Gasteiger partial charge in [0.2, 0.25) is 5.91 Å². The Balaban J connectivity index is 1.91. The fourth-order valence-electron chi connectivity index (χ4n) is 1.63. The predicted octanol–water partition coefficient (Wildman–Crippen LogP) is 3.47. The number of unbranched alkanes of at least 4 members (excludes halogenated alkanes) is 1. The molecule has 0 bridgehead atoms. The summed E-state index contributed by atoms with van der Waals surface area (Å²) in [6.07, 6.45) is 5.60. The zero-order valence-corrected chi connectivity index (χ0v) is 12.0. The van der Waals surface area contributed by atoms with Gasteiger partial charge in [-0.05, 0) is 25.2 Å². The smallest absolute Gasteiger partial charge is 0.220 e. The molecule has 1 rings (SSSR count). The second-order valence-electron chi connectivity index (χ2n) is 4.77. The Morgan fingerprint density at radius 1 is 1.44 bits per heavy atom. The molecular formula is C12H23NOS2. The summed E-state index contributed by atoms with van der Waals surface area (Å²) in [5.74, 6) is 2.09. The molecule has 0 radical (unpaired) electrons. The van der Waals surface area contributed by atoms with Crippen molar-refractivity contribution in [1.82, 2.24) is 5.32 Å². The van der Waals surface area contributed by atoms with Crippen molar-refractivity contribution in [2.24, 2.45) is 5.92 Å². The summed E-state index contributed by atoms with van der Waals surface area (Å²) in [5, 5.41) is 3.81. The first-order valence-corrected chi connectivity index (χ1v) is 8.61. The first kappa shape index (κ1) is 14.2. The van der Waals surface area contributed by atoms with E-state index in [4.69, 9.17) is 0 Å². The van der Waals surface area contributed by atoms with Crippen LogP contribution in [0.4, 0.5) is 0 Å². The molecule has 16 heavy (non-hydrogen) atoms. The van der Waals surface area contributed by atoms with Gasteiger partial charge in [0.25, 0.3) is 0 Å². The van der Waals surface area contributed by atoms with Crippen molar-refractivity contribution in [2.75, 3.05) is 12.3 Å². The highest BCUT2D eigenvalue weighted by Crippen LogP contribution is 2.39. The summed E-state index contributed by atoms with van der Waals surface area (Å²) in [4.78, 5) is 11.4. The molecule has 0 saturated carbocycles. The van der Waals surface area contributed by atoms with Crippen molar-refractivity contribution < 1.29 is 4.79 Å². The number of rotatable bonds is 7. The van der Waals surface area contributed by atoms with Crippen LogP contribution >= 0.6 is 21.6 Å². The molecule has 1 saturated heterocycles. The van der Waals surface area contributed by atoms with Gasteiger partial charge in [-0.2, -0.15) is 0 Å². The van der Waals surface area contributed by atoms with Crippen molar-refractivity contribution in [2.45, 2.75) is 51.2 Å². The minimum atomic E-state index is 0.224. The van der Waals surface area contributed by atoms with Crippen LogP contribution in [0.2, 0.25) is 0 Å². The van der Waals surface area contributed by atoms with E-state index in [0.29, 0.717) is 12.3 Å². The second kappa shape index (κ2) is 8.29. The SMILES string of the molecule is CC(C)CNC(=O)CCCC[C@@H]1CCSS1. The standard InChI is InChI=1S/C12H23NOS2/c1-10(2)9-13-12(14)6-4-3-5-11-7-8-15-16-11/h10-11H,3-9H2,1-2H3,(H,13,14)/t11-/m1/s1. The maximum absolute atomic E-state index is 11.4. The lowest BCUT2D eigenvalue weighted by Crippen LogP contribution is -2.26. The van der Waals surface area contributed by atoms with Crippen molar-refractivity contribution in [3.05, 3.63) is 0 Å². The number of carbonyl (C=O) groups is 1. The molecule has 1 atom stereocenters. The molecule has 0 aliphatic carbocycles. The highest BCUT2D eigenvalue weighted by molar-refractivity contribution is 8.77. The molecule has 1 fully saturated rings. The van der Waals surface area contributed by atoms with Gasteiger partial charge in [-0.1, -0.05) is 41.9 Å². The zero-order chi connectivity index (χ0) is 11.8. The third kappa shape index (κ3) is 6.69. The monoisotopic (exact) mass is 261 g/mol. The molecular weight excluding hydrogens is 238 g/mol. The van der Waals surface area contributed by atoms with E-state index in [1.165, 1.54) is 25.0 Å². The fourth-order valence-corrected chi connectivity index (χ4v) is 4.66. The normalized spacial score (nSPS) is 20.3. The molecule has 0 aromatic heterocycles. The fraction of sp³-hybridized carbons (Fsp3) is 0.917. The molecule has 1 amide bonds. The topological polar surface area (TPSA) is 29.1 Å². The lowest BCUT2D eigenvalue weighted by molar-refractivity contribution is -0.121. The van der Waals surface area contributed by atoms with Crippen LogP contribution < -0.4 is 5.32 Å². The maximum Gasteiger partial charge on any atom is 0.220 e. The number of hydrogen-bond acceptors (Lipinski definition) is 3. The molecule has 4 heteroatoms. The Kier molecular flexibility index (Phi) is 7.37. The van der Waals surface area contributed by atoms with Crippen LogP contribution in [0.1, 0.15) is 46.0 Å². The molecule has 1 aliphatic rings. The lowest BCUT2D eigenvalue weighted by atomic mass is 10.1. The minimum absolute atomic E-state index is 0.224. The summed E-state index contributed by atoms with van der Waals surface area (Å²) < 4.78 is 0. The van der Waals surface area contributed by atoms with Crippen LogP contribution in [-0.4, -0.2) is 23.5 Å². The van der Waals surface area contributed by atoms with Crippen LogP contribution in [0.3, 0.4) is 0 Å². The van der Waals surface area contributed by atoms with Gasteiger partial charge in [-0.15, -0.1) is 0 Å². The van der Waals surface area contributed by atoms with Gasteiger partial charge in [0.1, 0.15) is 0 Å². The van der Waals surface area contributed by atoms with E-state index in [-0.39, 0.29) is 5.91 Å². The van der Waals surface area contributed by atoms with Crippen molar-refractivity contribution in [1.29, 1.82) is 0 Å². The molecule has 94 valence electrons. The highest BCUT2D eigenvalue weighted by atomic mass is 33.1. The molecule has 1 heterocycles. The van der Waals surface area contributed by atoms with Crippen LogP contribution in [0.5, 0.6) is 0 Å². The molecule has 2 nitrogen and oxygen atoms in total. The first-order valence-electron chi connectivity index (χ1n) is 6.23.